The zero-order valence-corrected chi connectivity index (χ0v) is 16.9. The van der Waals surface area contributed by atoms with Gasteiger partial charge < -0.3 is 10.1 Å². The van der Waals surface area contributed by atoms with Crippen molar-refractivity contribution < 1.29 is 22.7 Å². The molecule has 0 fully saturated rings. The molecule has 8 nitrogen and oxygen atoms in total. The van der Waals surface area contributed by atoms with Gasteiger partial charge in [0.15, 0.2) is 0 Å². The first-order valence-corrected chi connectivity index (χ1v) is 9.95. The summed E-state index contributed by atoms with van der Waals surface area (Å²) < 4.78 is 28.4. The number of nitrogens with one attached hydrogen (secondary N) is 2. The molecule has 0 saturated carbocycles. The zero-order valence-electron chi connectivity index (χ0n) is 16.1. The maximum absolute atomic E-state index is 12.5. The highest BCUT2D eigenvalue weighted by Gasteiger charge is 2.17. The van der Waals surface area contributed by atoms with Crippen molar-refractivity contribution in [1.82, 2.24) is 0 Å². The third-order valence-electron chi connectivity index (χ3n) is 3.52. The number of nitrogens with two attached hydrogens (primary N) is 1. The van der Waals surface area contributed by atoms with E-state index in [0.717, 1.165) is 0 Å². The van der Waals surface area contributed by atoms with E-state index in [1.54, 1.807) is 58.0 Å². The van der Waals surface area contributed by atoms with E-state index >= 15 is 0 Å². The number of ether oxygens (including phenoxy) is 1. The number of aryl methyl sites for hydroxylation is 1. The van der Waals surface area contributed by atoms with Crippen LogP contribution in [0.1, 0.15) is 36.7 Å². The smallest absolute Gasteiger partial charge is 0.412 e. The Hall–Kier alpha value is -2.91. The first-order chi connectivity index (χ1) is 12.8. The van der Waals surface area contributed by atoms with Crippen LogP contribution in [-0.2, 0) is 14.8 Å². The Morgan fingerprint density at radius 3 is 2.25 bits per heavy atom. The average Bonchev–Trinajstić information content (AvgIpc) is 2.54. The van der Waals surface area contributed by atoms with Crippen molar-refractivity contribution in [2.45, 2.75) is 38.2 Å². The van der Waals surface area contributed by atoms with Crippen LogP contribution in [0.15, 0.2) is 47.4 Å². The van der Waals surface area contributed by atoms with Gasteiger partial charge >= 0.3 is 6.09 Å². The van der Waals surface area contributed by atoms with Gasteiger partial charge in [-0.05, 0) is 63.6 Å². The standard InChI is InChI=1S/C19H23N3O5S/c1-12-8-9-15(11-16(12)28(20,25)26)21-17(23)13-6-5-7-14(10-13)22-18(24)27-19(2,3)4/h5-11H,1-4H3,(H,21,23)(H,22,24)(H2,20,25,26). The molecule has 2 rings (SSSR count). The van der Waals surface area contributed by atoms with E-state index in [9.17, 15) is 18.0 Å². The molecule has 28 heavy (non-hydrogen) atoms. The number of rotatable bonds is 4. The largest absolute Gasteiger partial charge is 0.444 e. The van der Waals surface area contributed by atoms with Crippen molar-refractivity contribution in [3.8, 4) is 0 Å². The van der Waals surface area contributed by atoms with Crippen molar-refractivity contribution >= 4 is 33.4 Å². The summed E-state index contributed by atoms with van der Waals surface area (Å²) in [7, 11) is -3.90. The third-order valence-corrected chi connectivity index (χ3v) is 4.58. The summed E-state index contributed by atoms with van der Waals surface area (Å²) in [5.41, 5.74) is 0.766. The number of primary sulfonamides is 1. The van der Waals surface area contributed by atoms with Gasteiger partial charge in [0.05, 0.1) is 4.90 Å². The third kappa shape index (κ3) is 6.07. The molecule has 0 aromatic heterocycles. The van der Waals surface area contributed by atoms with Gasteiger partial charge in [-0.25, -0.2) is 18.4 Å². The Balaban J connectivity index is 2.17. The summed E-state index contributed by atoms with van der Waals surface area (Å²) in [4.78, 5) is 24.3. The highest BCUT2D eigenvalue weighted by molar-refractivity contribution is 7.89. The molecule has 2 aromatic rings. The number of benzene rings is 2. The van der Waals surface area contributed by atoms with Crippen molar-refractivity contribution in [2.24, 2.45) is 5.14 Å². The fourth-order valence-electron chi connectivity index (χ4n) is 2.35. The van der Waals surface area contributed by atoms with Gasteiger partial charge in [0, 0.05) is 16.9 Å². The second-order valence-electron chi connectivity index (χ2n) is 7.19. The van der Waals surface area contributed by atoms with Gasteiger partial charge in [0.2, 0.25) is 10.0 Å². The number of hydrogen-bond acceptors (Lipinski definition) is 5. The van der Waals surface area contributed by atoms with Crippen molar-refractivity contribution in [1.29, 1.82) is 0 Å². The fourth-order valence-corrected chi connectivity index (χ4v) is 3.16. The van der Waals surface area contributed by atoms with Crippen LogP contribution in [0.3, 0.4) is 0 Å². The number of hydrogen-bond donors (Lipinski definition) is 3. The molecule has 0 saturated heterocycles. The summed E-state index contributed by atoms with van der Waals surface area (Å²) in [5.74, 6) is -0.475. The molecule has 0 heterocycles. The molecule has 4 N–H and O–H groups in total. The van der Waals surface area contributed by atoms with Crippen LogP contribution in [0.2, 0.25) is 0 Å². The SMILES string of the molecule is Cc1ccc(NC(=O)c2cccc(NC(=O)OC(C)(C)C)c2)cc1S(N)(=O)=O. The van der Waals surface area contributed by atoms with E-state index in [1.807, 2.05) is 0 Å². The second-order valence-corrected chi connectivity index (χ2v) is 8.72. The van der Waals surface area contributed by atoms with Crippen LogP contribution in [-0.4, -0.2) is 26.0 Å². The van der Waals surface area contributed by atoms with Crippen LogP contribution in [0.5, 0.6) is 0 Å². The number of anilines is 2. The van der Waals surface area contributed by atoms with E-state index in [0.29, 0.717) is 11.3 Å². The molecule has 0 spiro atoms. The molecule has 0 aliphatic rings. The fraction of sp³-hybridized carbons (Fsp3) is 0.263. The normalized spacial score (nSPS) is 11.6. The molecule has 0 atom stereocenters. The van der Waals surface area contributed by atoms with Gasteiger partial charge in [-0.3, -0.25) is 10.1 Å². The lowest BCUT2D eigenvalue weighted by molar-refractivity contribution is 0.0635. The lowest BCUT2D eigenvalue weighted by atomic mass is 10.1. The molecular formula is C19H23N3O5S. The van der Waals surface area contributed by atoms with Gasteiger partial charge in [0.1, 0.15) is 5.60 Å². The first kappa shape index (κ1) is 21.4. The number of sulfonamides is 1. The van der Waals surface area contributed by atoms with Gasteiger partial charge in [0.25, 0.3) is 5.91 Å². The van der Waals surface area contributed by atoms with Crippen LogP contribution < -0.4 is 15.8 Å². The Bertz CT molecular complexity index is 1010. The van der Waals surface area contributed by atoms with Crippen molar-refractivity contribution in [2.75, 3.05) is 10.6 Å². The minimum Gasteiger partial charge on any atom is -0.444 e. The number of carbonyl (C=O) groups excluding carboxylic acids is 2. The molecule has 0 aliphatic heterocycles. The predicted octanol–water partition coefficient (Wildman–Crippen LogP) is 3.24. The molecular weight excluding hydrogens is 382 g/mol. The summed E-state index contributed by atoms with van der Waals surface area (Å²) in [6.45, 7) is 6.84. The van der Waals surface area contributed by atoms with Crippen LogP contribution in [0.4, 0.5) is 16.2 Å². The van der Waals surface area contributed by atoms with Crippen LogP contribution in [0, 0.1) is 6.92 Å². The van der Waals surface area contributed by atoms with E-state index in [2.05, 4.69) is 10.6 Å². The van der Waals surface area contributed by atoms with Gasteiger partial charge in [-0.2, -0.15) is 0 Å². The molecule has 9 heteroatoms. The molecule has 0 radical (unpaired) electrons. The second kappa shape index (κ2) is 7.99. The quantitative estimate of drug-likeness (QED) is 0.719. The highest BCUT2D eigenvalue weighted by atomic mass is 32.2. The molecule has 2 amide bonds. The monoisotopic (exact) mass is 405 g/mol. The zero-order chi connectivity index (χ0) is 21.1. The van der Waals surface area contributed by atoms with Crippen molar-refractivity contribution in [3.63, 3.8) is 0 Å². The minimum atomic E-state index is -3.90. The summed E-state index contributed by atoms with van der Waals surface area (Å²) in [5, 5.41) is 10.4. The molecule has 0 unspecified atom stereocenters. The lowest BCUT2D eigenvalue weighted by Crippen LogP contribution is -2.27. The topological polar surface area (TPSA) is 128 Å². The minimum absolute atomic E-state index is 0.0642. The molecule has 2 aromatic carbocycles. The van der Waals surface area contributed by atoms with E-state index < -0.39 is 27.6 Å². The van der Waals surface area contributed by atoms with Crippen molar-refractivity contribution in [3.05, 3.63) is 53.6 Å². The predicted molar refractivity (Wildman–Crippen MR) is 107 cm³/mol. The number of carbonyl (C=O) groups is 2. The molecule has 0 aliphatic carbocycles. The first-order valence-electron chi connectivity index (χ1n) is 8.40. The van der Waals surface area contributed by atoms with Crippen LogP contribution >= 0.6 is 0 Å². The molecule has 150 valence electrons. The van der Waals surface area contributed by atoms with E-state index in [1.165, 1.54) is 12.1 Å². The maximum atomic E-state index is 12.5. The maximum Gasteiger partial charge on any atom is 0.412 e. The summed E-state index contributed by atoms with van der Waals surface area (Å²) >= 11 is 0. The van der Waals surface area contributed by atoms with E-state index in [-0.39, 0.29) is 16.1 Å². The van der Waals surface area contributed by atoms with Gasteiger partial charge in [-0.15, -0.1) is 0 Å². The summed E-state index contributed by atoms with van der Waals surface area (Å²) in [6.07, 6.45) is -0.638. The highest BCUT2D eigenvalue weighted by Crippen LogP contribution is 2.20. The molecule has 0 bridgehead atoms. The lowest BCUT2D eigenvalue weighted by Gasteiger charge is -2.19. The van der Waals surface area contributed by atoms with Gasteiger partial charge in [-0.1, -0.05) is 12.1 Å². The Kier molecular flexibility index (Phi) is 6.10. The summed E-state index contributed by atoms with van der Waals surface area (Å²) in [6, 6.07) is 10.7. The number of amides is 2. The Labute approximate surface area is 164 Å². The Morgan fingerprint density at radius 1 is 1.00 bits per heavy atom. The Morgan fingerprint density at radius 2 is 1.64 bits per heavy atom. The van der Waals surface area contributed by atoms with Crippen LogP contribution in [0.25, 0.3) is 0 Å². The average molecular weight is 405 g/mol. The van der Waals surface area contributed by atoms with E-state index in [4.69, 9.17) is 9.88 Å².